The summed E-state index contributed by atoms with van der Waals surface area (Å²) in [7, 11) is 1.33. The van der Waals surface area contributed by atoms with Crippen molar-refractivity contribution >= 4 is 11.9 Å². The van der Waals surface area contributed by atoms with Gasteiger partial charge < -0.3 is 20.3 Å². The molecule has 110 valence electrons. The van der Waals surface area contributed by atoms with Gasteiger partial charge >= 0.3 is 5.97 Å². The molecule has 0 aliphatic heterocycles. The second-order valence-electron chi connectivity index (χ2n) is 4.12. The van der Waals surface area contributed by atoms with Crippen molar-refractivity contribution in [3.8, 4) is 5.75 Å². The van der Waals surface area contributed by atoms with E-state index in [0.29, 0.717) is 5.56 Å². The number of rotatable bonds is 7. The molecule has 0 aliphatic rings. The van der Waals surface area contributed by atoms with Crippen LogP contribution < -0.4 is 10.1 Å². The molecule has 0 saturated heterocycles. The number of carboxylic acids is 1. The molecule has 7 heteroatoms. The third-order valence-electron chi connectivity index (χ3n) is 2.63. The third-order valence-corrected chi connectivity index (χ3v) is 2.63. The second kappa shape index (κ2) is 7.44. The third kappa shape index (κ3) is 4.51. The molecule has 0 aliphatic carbocycles. The first-order chi connectivity index (χ1) is 9.47. The Hall–Kier alpha value is -2.15. The zero-order valence-electron chi connectivity index (χ0n) is 10.9. The maximum atomic E-state index is 13.4. The number of halogens is 1. The van der Waals surface area contributed by atoms with Crippen molar-refractivity contribution in [2.45, 2.75) is 18.9 Å². The number of hydrogen-bond acceptors (Lipinski definition) is 4. The van der Waals surface area contributed by atoms with Crippen LogP contribution in [0.5, 0.6) is 5.75 Å². The van der Waals surface area contributed by atoms with Gasteiger partial charge in [0.25, 0.3) is 0 Å². The van der Waals surface area contributed by atoms with E-state index >= 15 is 0 Å². The molecule has 0 heterocycles. The SMILES string of the molecule is COc1ccc(CC(=O)N[C@H](CCO)C(=O)O)cc1F. The van der Waals surface area contributed by atoms with Crippen molar-refractivity contribution in [2.24, 2.45) is 0 Å². The molecule has 0 spiro atoms. The lowest BCUT2D eigenvalue weighted by Gasteiger charge is -2.13. The fraction of sp³-hybridized carbons (Fsp3) is 0.385. The van der Waals surface area contributed by atoms with Gasteiger partial charge in [-0.1, -0.05) is 6.07 Å². The average molecular weight is 285 g/mol. The van der Waals surface area contributed by atoms with Gasteiger partial charge in [-0.3, -0.25) is 4.79 Å². The number of aliphatic hydroxyl groups is 1. The van der Waals surface area contributed by atoms with Crippen LogP contribution in [-0.2, 0) is 16.0 Å². The zero-order valence-corrected chi connectivity index (χ0v) is 10.9. The first-order valence-electron chi connectivity index (χ1n) is 5.93. The fourth-order valence-electron chi connectivity index (χ4n) is 1.64. The minimum absolute atomic E-state index is 0.0675. The molecule has 3 N–H and O–H groups in total. The lowest BCUT2D eigenvalue weighted by molar-refractivity contribution is -0.142. The largest absolute Gasteiger partial charge is 0.494 e. The van der Waals surface area contributed by atoms with Crippen LogP contribution in [0.25, 0.3) is 0 Å². The van der Waals surface area contributed by atoms with Crippen molar-refractivity contribution in [3.63, 3.8) is 0 Å². The highest BCUT2D eigenvalue weighted by molar-refractivity contribution is 5.84. The Labute approximate surface area is 115 Å². The molecule has 0 aromatic heterocycles. The molecular formula is C13H16FNO5. The van der Waals surface area contributed by atoms with Crippen LogP contribution in [0.3, 0.4) is 0 Å². The van der Waals surface area contributed by atoms with Crippen molar-refractivity contribution < 1.29 is 28.9 Å². The number of carbonyl (C=O) groups excluding carboxylic acids is 1. The first-order valence-corrected chi connectivity index (χ1v) is 5.93. The van der Waals surface area contributed by atoms with Crippen molar-refractivity contribution in [1.82, 2.24) is 5.32 Å². The smallest absolute Gasteiger partial charge is 0.326 e. The summed E-state index contributed by atoms with van der Waals surface area (Å²) in [6.07, 6.45) is -0.242. The van der Waals surface area contributed by atoms with Gasteiger partial charge in [0.15, 0.2) is 11.6 Å². The number of carboxylic acid groups (broad SMARTS) is 1. The summed E-state index contributed by atoms with van der Waals surface area (Å²) in [6, 6.07) is 2.90. The molecular weight excluding hydrogens is 269 g/mol. The quantitative estimate of drug-likeness (QED) is 0.671. The van der Waals surface area contributed by atoms with E-state index in [9.17, 15) is 14.0 Å². The Bertz CT molecular complexity index is 492. The summed E-state index contributed by atoms with van der Waals surface area (Å²) in [5, 5.41) is 19.8. The normalized spacial score (nSPS) is 11.8. The molecule has 1 atom stereocenters. The summed E-state index contributed by atoms with van der Waals surface area (Å²) < 4.78 is 18.2. The Morgan fingerprint density at radius 2 is 2.15 bits per heavy atom. The minimum atomic E-state index is -1.23. The van der Waals surface area contributed by atoms with Crippen molar-refractivity contribution in [2.75, 3.05) is 13.7 Å². The number of aliphatic carboxylic acids is 1. The van der Waals surface area contributed by atoms with Crippen LogP contribution in [0.1, 0.15) is 12.0 Å². The summed E-state index contributed by atoms with van der Waals surface area (Å²) >= 11 is 0. The first kappa shape index (κ1) is 15.9. The van der Waals surface area contributed by atoms with E-state index in [1.807, 2.05) is 0 Å². The molecule has 1 amide bonds. The molecule has 1 aromatic carbocycles. The molecule has 0 unspecified atom stereocenters. The van der Waals surface area contributed by atoms with Crippen LogP contribution >= 0.6 is 0 Å². The molecule has 0 radical (unpaired) electrons. The van der Waals surface area contributed by atoms with E-state index in [1.165, 1.54) is 19.2 Å². The minimum Gasteiger partial charge on any atom is -0.494 e. The standard InChI is InChI=1S/C13H16FNO5/c1-20-11-3-2-8(6-9(11)14)7-12(17)15-10(4-5-16)13(18)19/h2-3,6,10,16H,4-5,7H2,1H3,(H,15,17)(H,18,19)/t10-/m1/s1. The van der Waals surface area contributed by atoms with Crippen LogP contribution in [0.15, 0.2) is 18.2 Å². The lowest BCUT2D eigenvalue weighted by atomic mass is 10.1. The molecule has 20 heavy (non-hydrogen) atoms. The Balaban J connectivity index is 2.66. The van der Waals surface area contributed by atoms with Gasteiger partial charge in [-0.15, -0.1) is 0 Å². The topological polar surface area (TPSA) is 95.9 Å². The van der Waals surface area contributed by atoms with Gasteiger partial charge in [0.05, 0.1) is 13.5 Å². The maximum absolute atomic E-state index is 13.4. The van der Waals surface area contributed by atoms with Gasteiger partial charge in [0.2, 0.25) is 5.91 Å². The van der Waals surface area contributed by atoms with Crippen LogP contribution in [0.2, 0.25) is 0 Å². The molecule has 1 aromatic rings. The van der Waals surface area contributed by atoms with Crippen molar-refractivity contribution in [1.29, 1.82) is 0 Å². The van der Waals surface area contributed by atoms with E-state index in [4.69, 9.17) is 14.9 Å². The molecule has 0 bridgehead atoms. The molecule has 6 nitrogen and oxygen atoms in total. The number of aliphatic hydroxyl groups excluding tert-OH is 1. The summed E-state index contributed by atoms with van der Waals surface area (Å²) in [6.45, 7) is -0.353. The summed E-state index contributed by atoms with van der Waals surface area (Å²) in [4.78, 5) is 22.5. The monoisotopic (exact) mass is 285 g/mol. The summed E-state index contributed by atoms with van der Waals surface area (Å²) in [5.41, 5.74) is 0.397. The molecule has 1 rings (SSSR count). The van der Waals surface area contributed by atoms with Gasteiger partial charge in [-0.2, -0.15) is 0 Å². The predicted octanol–water partition coefficient (Wildman–Crippen LogP) is 0.329. The Morgan fingerprint density at radius 3 is 2.65 bits per heavy atom. The number of hydrogen-bond donors (Lipinski definition) is 3. The Morgan fingerprint density at radius 1 is 1.45 bits per heavy atom. The fourth-order valence-corrected chi connectivity index (χ4v) is 1.64. The number of ether oxygens (including phenoxy) is 1. The van der Waals surface area contributed by atoms with Crippen LogP contribution in [0.4, 0.5) is 4.39 Å². The van der Waals surface area contributed by atoms with E-state index in [1.54, 1.807) is 0 Å². The number of amides is 1. The van der Waals surface area contributed by atoms with E-state index in [2.05, 4.69) is 5.32 Å². The molecule has 0 saturated carbocycles. The van der Waals surface area contributed by atoms with E-state index in [0.717, 1.165) is 6.07 Å². The highest BCUT2D eigenvalue weighted by atomic mass is 19.1. The number of nitrogens with one attached hydrogen (secondary N) is 1. The van der Waals surface area contributed by atoms with Crippen LogP contribution in [0, 0.1) is 5.82 Å². The average Bonchev–Trinajstić information content (AvgIpc) is 2.38. The summed E-state index contributed by atoms with van der Waals surface area (Å²) in [5.74, 6) is -2.32. The van der Waals surface area contributed by atoms with E-state index in [-0.39, 0.29) is 25.2 Å². The predicted molar refractivity (Wildman–Crippen MR) is 67.9 cm³/mol. The number of methoxy groups -OCH3 is 1. The highest BCUT2D eigenvalue weighted by Gasteiger charge is 2.19. The zero-order chi connectivity index (χ0) is 15.1. The molecule has 0 fully saturated rings. The second-order valence-corrected chi connectivity index (χ2v) is 4.12. The van der Waals surface area contributed by atoms with Crippen LogP contribution in [-0.4, -0.2) is 41.8 Å². The number of benzene rings is 1. The van der Waals surface area contributed by atoms with Gasteiger partial charge in [-0.05, 0) is 17.7 Å². The van der Waals surface area contributed by atoms with Gasteiger partial charge in [0.1, 0.15) is 6.04 Å². The van der Waals surface area contributed by atoms with Gasteiger partial charge in [0, 0.05) is 13.0 Å². The lowest BCUT2D eigenvalue weighted by Crippen LogP contribution is -2.42. The maximum Gasteiger partial charge on any atom is 0.326 e. The Kier molecular flexibility index (Phi) is 5.92. The highest BCUT2D eigenvalue weighted by Crippen LogP contribution is 2.17. The van der Waals surface area contributed by atoms with E-state index < -0.39 is 23.7 Å². The van der Waals surface area contributed by atoms with Crippen molar-refractivity contribution in [3.05, 3.63) is 29.6 Å². The number of carbonyl (C=O) groups is 2. The van der Waals surface area contributed by atoms with Gasteiger partial charge in [-0.25, -0.2) is 9.18 Å².